The number of halogens is 1. The Morgan fingerprint density at radius 3 is 2.80 bits per heavy atom. The number of rotatable bonds is 4. The Labute approximate surface area is 116 Å². The molecule has 3 N–H and O–H groups in total. The maximum atomic E-state index is 13.6. The highest BCUT2D eigenvalue weighted by Crippen LogP contribution is 2.16. The molecule has 0 aliphatic heterocycles. The zero-order valence-corrected chi connectivity index (χ0v) is 11.0. The number of nitrogen functional groups attached to an aromatic ring is 1. The molecule has 4 nitrogen and oxygen atoms in total. The SMILES string of the molecule is Cc1ccc(NC(=O)COc2cccc(N)c2)c(F)c1. The molecular formula is C15H15FN2O2. The van der Waals surface area contributed by atoms with Crippen molar-refractivity contribution in [3.63, 3.8) is 0 Å². The van der Waals surface area contributed by atoms with Crippen molar-refractivity contribution in [2.45, 2.75) is 6.92 Å². The van der Waals surface area contributed by atoms with Crippen molar-refractivity contribution in [2.75, 3.05) is 17.7 Å². The van der Waals surface area contributed by atoms with Gasteiger partial charge in [0.25, 0.3) is 5.91 Å². The Morgan fingerprint density at radius 1 is 1.30 bits per heavy atom. The van der Waals surface area contributed by atoms with Gasteiger partial charge in [0.1, 0.15) is 11.6 Å². The second-order valence-electron chi connectivity index (χ2n) is 4.39. The predicted molar refractivity (Wildman–Crippen MR) is 76.1 cm³/mol. The van der Waals surface area contributed by atoms with E-state index in [2.05, 4.69) is 5.32 Å². The van der Waals surface area contributed by atoms with Crippen LogP contribution in [0.5, 0.6) is 5.75 Å². The lowest BCUT2D eigenvalue weighted by atomic mass is 10.2. The van der Waals surface area contributed by atoms with Crippen molar-refractivity contribution in [1.29, 1.82) is 0 Å². The van der Waals surface area contributed by atoms with Crippen molar-refractivity contribution in [3.05, 3.63) is 53.8 Å². The van der Waals surface area contributed by atoms with Crippen LogP contribution in [0.1, 0.15) is 5.56 Å². The number of hydrogen-bond acceptors (Lipinski definition) is 3. The number of aryl methyl sites for hydroxylation is 1. The van der Waals surface area contributed by atoms with Gasteiger partial charge in [-0.25, -0.2) is 4.39 Å². The van der Waals surface area contributed by atoms with E-state index in [0.717, 1.165) is 5.56 Å². The summed E-state index contributed by atoms with van der Waals surface area (Å²) in [5, 5.41) is 2.45. The molecule has 0 aliphatic rings. The minimum absolute atomic E-state index is 0.136. The van der Waals surface area contributed by atoms with Crippen LogP contribution in [0.15, 0.2) is 42.5 Å². The highest BCUT2D eigenvalue weighted by atomic mass is 19.1. The molecule has 1 amide bonds. The molecule has 0 aromatic heterocycles. The van der Waals surface area contributed by atoms with Crippen molar-refractivity contribution < 1.29 is 13.9 Å². The van der Waals surface area contributed by atoms with Crippen molar-refractivity contribution >= 4 is 17.3 Å². The monoisotopic (exact) mass is 274 g/mol. The molecule has 20 heavy (non-hydrogen) atoms. The first kappa shape index (κ1) is 13.9. The quantitative estimate of drug-likeness (QED) is 0.842. The van der Waals surface area contributed by atoms with Crippen molar-refractivity contribution in [1.82, 2.24) is 0 Å². The lowest BCUT2D eigenvalue weighted by Gasteiger charge is -2.09. The number of anilines is 2. The van der Waals surface area contributed by atoms with Gasteiger partial charge in [0.2, 0.25) is 0 Å². The average Bonchev–Trinajstić information content (AvgIpc) is 2.40. The summed E-state index contributed by atoms with van der Waals surface area (Å²) in [6.07, 6.45) is 0. The largest absolute Gasteiger partial charge is 0.484 e. The first-order chi connectivity index (χ1) is 9.54. The molecule has 104 valence electrons. The summed E-state index contributed by atoms with van der Waals surface area (Å²) in [5.74, 6) is -0.415. The molecule has 2 rings (SSSR count). The van der Waals surface area contributed by atoms with Crippen LogP contribution in [0, 0.1) is 12.7 Å². The van der Waals surface area contributed by atoms with Crippen LogP contribution in [0.3, 0.4) is 0 Å². The number of amides is 1. The van der Waals surface area contributed by atoms with Crippen molar-refractivity contribution in [3.8, 4) is 5.75 Å². The number of carbonyl (C=O) groups is 1. The van der Waals surface area contributed by atoms with Gasteiger partial charge in [0.15, 0.2) is 6.61 Å². The van der Waals surface area contributed by atoms with Crippen LogP contribution < -0.4 is 15.8 Å². The Balaban J connectivity index is 1.92. The fourth-order valence-corrected chi connectivity index (χ4v) is 1.66. The van der Waals surface area contributed by atoms with Crippen LogP contribution in [0.2, 0.25) is 0 Å². The average molecular weight is 274 g/mol. The molecule has 0 saturated heterocycles. The number of carbonyl (C=O) groups excluding carboxylic acids is 1. The molecule has 2 aromatic rings. The maximum absolute atomic E-state index is 13.6. The van der Waals surface area contributed by atoms with Crippen molar-refractivity contribution in [2.24, 2.45) is 0 Å². The third-order valence-corrected chi connectivity index (χ3v) is 2.63. The summed E-state index contributed by atoms with van der Waals surface area (Å²) >= 11 is 0. The molecule has 0 fully saturated rings. The Kier molecular flexibility index (Phi) is 4.20. The molecule has 0 spiro atoms. The number of benzene rings is 2. The fraction of sp³-hybridized carbons (Fsp3) is 0.133. The highest BCUT2D eigenvalue weighted by Gasteiger charge is 2.08. The van der Waals surface area contributed by atoms with E-state index in [1.54, 1.807) is 37.3 Å². The maximum Gasteiger partial charge on any atom is 0.262 e. The van der Waals surface area contributed by atoms with Gasteiger partial charge in [-0.05, 0) is 36.8 Å². The molecule has 0 aliphatic carbocycles. The zero-order valence-electron chi connectivity index (χ0n) is 11.0. The van der Waals surface area contributed by atoms with Gasteiger partial charge in [0, 0.05) is 11.8 Å². The first-order valence-corrected chi connectivity index (χ1v) is 6.09. The third kappa shape index (κ3) is 3.71. The smallest absolute Gasteiger partial charge is 0.262 e. The summed E-state index contributed by atoms with van der Waals surface area (Å²) in [4.78, 5) is 11.7. The van der Waals surface area contributed by atoms with Gasteiger partial charge in [0.05, 0.1) is 5.69 Å². The standard InChI is InChI=1S/C15H15FN2O2/c1-10-5-6-14(13(16)7-10)18-15(19)9-20-12-4-2-3-11(17)8-12/h2-8H,9,17H2,1H3,(H,18,19). The van der Waals surface area contributed by atoms with Gasteiger partial charge >= 0.3 is 0 Å². The van der Waals surface area contributed by atoms with E-state index in [1.807, 2.05) is 0 Å². The van der Waals surface area contributed by atoms with E-state index >= 15 is 0 Å². The summed E-state index contributed by atoms with van der Waals surface area (Å²) in [6, 6.07) is 11.3. The third-order valence-electron chi connectivity index (χ3n) is 2.63. The minimum Gasteiger partial charge on any atom is -0.484 e. The van der Waals surface area contributed by atoms with Crippen LogP contribution in [-0.4, -0.2) is 12.5 Å². The number of nitrogens with one attached hydrogen (secondary N) is 1. The molecule has 0 atom stereocenters. The van der Waals surface area contributed by atoms with E-state index in [4.69, 9.17) is 10.5 Å². The van der Waals surface area contributed by atoms with Gasteiger partial charge in [-0.15, -0.1) is 0 Å². The van der Waals surface area contributed by atoms with Crippen LogP contribution in [0.25, 0.3) is 0 Å². The lowest BCUT2D eigenvalue weighted by molar-refractivity contribution is -0.118. The molecule has 0 saturated carbocycles. The van der Waals surface area contributed by atoms with Gasteiger partial charge < -0.3 is 15.8 Å². The Bertz CT molecular complexity index is 629. The predicted octanol–water partition coefficient (Wildman–Crippen LogP) is 2.73. The Morgan fingerprint density at radius 2 is 2.10 bits per heavy atom. The van der Waals surface area contributed by atoms with Crippen LogP contribution >= 0.6 is 0 Å². The molecule has 0 radical (unpaired) electrons. The fourth-order valence-electron chi connectivity index (χ4n) is 1.66. The van der Waals surface area contributed by atoms with Crippen LogP contribution in [-0.2, 0) is 4.79 Å². The summed E-state index contributed by atoms with van der Waals surface area (Å²) < 4.78 is 18.8. The number of ether oxygens (including phenoxy) is 1. The highest BCUT2D eigenvalue weighted by molar-refractivity contribution is 5.92. The molecular weight excluding hydrogens is 259 g/mol. The van der Waals surface area contributed by atoms with E-state index in [-0.39, 0.29) is 12.3 Å². The first-order valence-electron chi connectivity index (χ1n) is 6.09. The molecule has 2 aromatic carbocycles. The molecule has 0 unspecified atom stereocenters. The molecule has 0 heterocycles. The van der Waals surface area contributed by atoms with E-state index in [0.29, 0.717) is 11.4 Å². The summed E-state index contributed by atoms with van der Waals surface area (Å²) in [6.45, 7) is 1.56. The van der Waals surface area contributed by atoms with E-state index < -0.39 is 11.7 Å². The lowest BCUT2D eigenvalue weighted by Crippen LogP contribution is -2.20. The number of nitrogens with two attached hydrogens (primary N) is 1. The second kappa shape index (κ2) is 6.06. The number of hydrogen-bond donors (Lipinski definition) is 2. The zero-order chi connectivity index (χ0) is 14.5. The molecule has 0 bridgehead atoms. The Hall–Kier alpha value is -2.56. The normalized spacial score (nSPS) is 10.1. The molecule has 5 heteroatoms. The van der Waals surface area contributed by atoms with Gasteiger partial charge in [-0.1, -0.05) is 12.1 Å². The van der Waals surface area contributed by atoms with Gasteiger partial charge in [-0.2, -0.15) is 0 Å². The van der Waals surface area contributed by atoms with Gasteiger partial charge in [-0.3, -0.25) is 4.79 Å². The summed E-state index contributed by atoms with van der Waals surface area (Å²) in [7, 11) is 0. The minimum atomic E-state index is -0.470. The topological polar surface area (TPSA) is 64.3 Å². The van der Waals surface area contributed by atoms with Crippen LogP contribution in [0.4, 0.5) is 15.8 Å². The second-order valence-corrected chi connectivity index (χ2v) is 4.39. The van der Waals surface area contributed by atoms with E-state index in [9.17, 15) is 9.18 Å². The summed E-state index contributed by atoms with van der Waals surface area (Å²) in [5.41, 5.74) is 7.07. The van der Waals surface area contributed by atoms with E-state index in [1.165, 1.54) is 12.1 Å².